The van der Waals surface area contributed by atoms with E-state index in [9.17, 15) is 4.79 Å². The summed E-state index contributed by atoms with van der Waals surface area (Å²) in [6, 6.07) is 10.6. The summed E-state index contributed by atoms with van der Waals surface area (Å²) in [7, 11) is 0. The molecule has 0 bridgehead atoms. The van der Waals surface area contributed by atoms with Crippen molar-refractivity contribution in [3.05, 3.63) is 52.7 Å². The summed E-state index contributed by atoms with van der Waals surface area (Å²) in [6.07, 6.45) is 0.944. The van der Waals surface area contributed by atoms with Gasteiger partial charge in [0.05, 0.1) is 12.3 Å². The van der Waals surface area contributed by atoms with Gasteiger partial charge in [0.25, 0.3) is 5.91 Å². The third kappa shape index (κ3) is 3.10. The summed E-state index contributed by atoms with van der Waals surface area (Å²) in [5.74, 6) is 1.24. The number of anilines is 1. The van der Waals surface area contributed by atoms with Crippen molar-refractivity contribution in [2.75, 3.05) is 11.9 Å². The Morgan fingerprint density at radius 2 is 2.15 bits per heavy atom. The molecule has 1 N–H and O–H groups in total. The Labute approximate surface area is 155 Å². The molecule has 2 aromatic carbocycles. The number of furan rings is 1. The number of amides is 1. The van der Waals surface area contributed by atoms with Crippen LogP contribution in [0.1, 0.15) is 30.0 Å². The molecule has 1 aliphatic heterocycles. The number of halogens is 1. The molecule has 0 spiro atoms. The number of benzene rings is 2. The number of nitrogens with one attached hydrogen (secondary N) is 1. The minimum atomic E-state index is -0.357. The normalized spacial score (nSPS) is 15.6. The van der Waals surface area contributed by atoms with Gasteiger partial charge >= 0.3 is 0 Å². The van der Waals surface area contributed by atoms with Gasteiger partial charge in [0.15, 0.2) is 5.76 Å². The fourth-order valence-corrected chi connectivity index (χ4v) is 3.30. The van der Waals surface area contributed by atoms with Gasteiger partial charge in [0.2, 0.25) is 0 Å². The van der Waals surface area contributed by atoms with Crippen LogP contribution in [-0.2, 0) is 6.42 Å². The van der Waals surface area contributed by atoms with Gasteiger partial charge in [0.1, 0.15) is 23.2 Å². The van der Waals surface area contributed by atoms with Gasteiger partial charge in [-0.25, -0.2) is 0 Å². The van der Waals surface area contributed by atoms with Gasteiger partial charge in [0, 0.05) is 28.5 Å². The lowest BCUT2D eigenvalue weighted by Crippen LogP contribution is -2.12. The highest BCUT2D eigenvalue weighted by atomic mass is 35.5. The Morgan fingerprint density at radius 1 is 1.31 bits per heavy atom. The van der Waals surface area contributed by atoms with Crippen LogP contribution in [0.3, 0.4) is 0 Å². The molecule has 26 heavy (non-hydrogen) atoms. The van der Waals surface area contributed by atoms with E-state index in [1.54, 1.807) is 30.3 Å². The minimum absolute atomic E-state index is 0.116. The number of carbonyl (C=O) groups is 1. The lowest BCUT2D eigenvalue weighted by atomic mass is 10.1. The molecule has 0 aliphatic carbocycles. The lowest BCUT2D eigenvalue weighted by molar-refractivity contribution is 0.0998. The number of fused-ring (bicyclic) bond motifs is 2. The van der Waals surface area contributed by atoms with Crippen LogP contribution in [-0.4, -0.2) is 18.6 Å². The number of ether oxygens (including phenoxy) is 2. The van der Waals surface area contributed by atoms with Crippen molar-refractivity contribution >= 4 is 34.2 Å². The molecule has 0 saturated carbocycles. The van der Waals surface area contributed by atoms with Crippen LogP contribution in [0.5, 0.6) is 11.5 Å². The Balaban J connectivity index is 1.65. The quantitative estimate of drug-likeness (QED) is 0.696. The zero-order valence-corrected chi connectivity index (χ0v) is 15.2. The first-order valence-electron chi connectivity index (χ1n) is 8.50. The first-order chi connectivity index (χ1) is 12.5. The second-order valence-electron chi connectivity index (χ2n) is 6.27. The van der Waals surface area contributed by atoms with Crippen molar-refractivity contribution in [2.45, 2.75) is 26.4 Å². The Hall–Kier alpha value is -2.66. The molecule has 1 amide bonds. The van der Waals surface area contributed by atoms with Crippen molar-refractivity contribution in [3.63, 3.8) is 0 Å². The molecule has 0 saturated heterocycles. The van der Waals surface area contributed by atoms with Crippen LogP contribution in [0.25, 0.3) is 11.0 Å². The molecule has 1 atom stereocenters. The molecule has 134 valence electrons. The van der Waals surface area contributed by atoms with E-state index in [0.29, 0.717) is 28.6 Å². The van der Waals surface area contributed by atoms with Crippen molar-refractivity contribution in [1.82, 2.24) is 0 Å². The Morgan fingerprint density at radius 3 is 2.96 bits per heavy atom. The maximum absolute atomic E-state index is 12.7. The fourth-order valence-electron chi connectivity index (χ4n) is 3.12. The van der Waals surface area contributed by atoms with Gasteiger partial charge < -0.3 is 19.2 Å². The summed E-state index contributed by atoms with van der Waals surface area (Å²) >= 11 is 5.99. The van der Waals surface area contributed by atoms with Crippen molar-refractivity contribution in [1.29, 1.82) is 0 Å². The topological polar surface area (TPSA) is 60.7 Å². The van der Waals surface area contributed by atoms with Crippen LogP contribution in [0.2, 0.25) is 5.02 Å². The van der Waals surface area contributed by atoms with E-state index in [0.717, 1.165) is 23.1 Å². The fraction of sp³-hybridized carbons (Fsp3) is 0.250. The monoisotopic (exact) mass is 371 g/mol. The van der Waals surface area contributed by atoms with E-state index in [1.807, 2.05) is 19.9 Å². The second-order valence-corrected chi connectivity index (χ2v) is 6.71. The molecule has 2 heterocycles. The summed E-state index contributed by atoms with van der Waals surface area (Å²) < 4.78 is 17.1. The molecular weight excluding hydrogens is 354 g/mol. The third-order valence-electron chi connectivity index (χ3n) is 4.25. The van der Waals surface area contributed by atoms with E-state index in [-0.39, 0.29) is 17.8 Å². The van der Waals surface area contributed by atoms with Crippen LogP contribution in [0.4, 0.5) is 5.69 Å². The first kappa shape index (κ1) is 16.8. The predicted octanol–water partition coefficient (Wildman–Crippen LogP) is 5.06. The minimum Gasteiger partial charge on any atom is -0.492 e. The van der Waals surface area contributed by atoms with Gasteiger partial charge in [-0.2, -0.15) is 0 Å². The highest BCUT2D eigenvalue weighted by molar-refractivity contribution is 6.31. The number of rotatable bonds is 4. The molecule has 3 aromatic rings. The summed E-state index contributed by atoms with van der Waals surface area (Å²) in [4.78, 5) is 12.7. The van der Waals surface area contributed by atoms with Gasteiger partial charge in [-0.3, -0.25) is 4.79 Å². The Bertz CT molecular complexity index is 995. The largest absolute Gasteiger partial charge is 0.492 e. The predicted molar refractivity (Wildman–Crippen MR) is 101 cm³/mol. The molecule has 0 fully saturated rings. The second kappa shape index (κ2) is 6.57. The highest BCUT2D eigenvalue weighted by Gasteiger charge is 2.23. The van der Waals surface area contributed by atoms with E-state index in [1.165, 1.54) is 0 Å². The van der Waals surface area contributed by atoms with E-state index < -0.39 is 0 Å². The van der Waals surface area contributed by atoms with E-state index >= 15 is 0 Å². The van der Waals surface area contributed by atoms with Crippen LogP contribution < -0.4 is 14.8 Å². The van der Waals surface area contributed by atoms with Gasteiger partial charge in [-0.05, 0) is 44.2 Å². The molecule has 6 heteroatoms. The molecule has 1 unspecified atom stereocenters. The number of hydrogen-bond donors (Lipinski definition) is 1. The lowest BCUT2D eigenvalue weighted by Gasteiger charge is -2.13. The van der Waals surface area contributed by atoms with Crippen molar-refractivity contribution < 1.29 is 18.7 Å². The average Bonchev–Trinajstić information content (AvgIpc) is 3.17. The molecule has 1 aliphatic rings. The molecule has 4 rings (SSSR count). The molecule has 5 nitrogen and oxygen atoms in total. The Kier molecular flexibility index (Phi) is 4.24. The summed E-state index contributed by atoms with van der Waals surface area (Å²) in [5, 5.41) is 4.23. The van der Waals surface area contributed by atoms with Crippen LogP contribution in [0, 0.1) is 0 Å². The molecule has 1 aromatic heterocycles. The first-order valence-corrected chi connectivity index (χ1v) is 8.88. The SMILES string of the molecule is CCOc1cc2c(cc1NC(=O)c1cc3cc(Cl)ccc3o1)OC(C)C2. The third-order valence-corrected chi connectivity index (χ3v) is 4.48. The molecule has 0 radical (unpaired) electrons. The summed E-state index contributed by atoms with van der Waals surface area (Å²) in [6.45, 7) is 4.42. The van der Waals surface area contributed by atoms with E-state index in [4.69, 9.17) is 25.5 Å². The maximum atomic E-state index is 12.7. The summed E-state index contributed by atoms with van der Waals surface area (Å²) in [5.41, 5.74) is 2.25. The molecular formula is C20H18ClNO4. The van der Waals surface area contributed by atoms with Crippen LogP contribution >= 0.6 is 11.6 Å². The maximum Gasteiger partial charge on any atom is 0.291 e. The average molecular weight is 372 g/mol. The van der Waals surface area contributed by atoms with Crippen molar-refractivity contribution in [2.24, 2.45) is 0 Å². The highest BCUT2D eigenvalue weighted by Crippen LogP contribution is 2.38. The van der Waals surface area contributed by atoms with Crippen molar-refractivity contribution in [3.8, 4) is 11.5 Å². The number of hydrogen-bond acceptors (Lipinski definition) is 4. The zero-order chi connectivity index (χ0) is 18.3. The smallest absolute Gasteiger partial charge is 0.291 e. The van der Waals surface area contributed by atoms with Crippen LogP contribution in [0.15, 0.2) is 40.8 Å². The van der Waals surface area contributed by atoms with Gasteiger partial charge in [-0.1, -0.05) is 11.6 Å². The number of carbonyl (C=O) groups excluding carboxylic acids is 1. The standard InChI is InChI=1S/C20H18ClNO4/c1-3-24-18-8-12-6-11(2)25-17(12)10-15(18)22-20(23)19-9-13-7-14(21)4-5-16(13)26-19/h4-5,7-11H,3,6H2,1-2H3,(H,22,23). The zero-order valence-electron chi connectivity index (χ0n) is 14.5. The van der Waals surface area contributed by atoms with Gasteiger partial charge in [-0.15, -0.1) is 0 Å². The van der Waals surface area contributed by atoms with E-state index in [2.05, 4.69) is 5.32 Å².